The van der Waals surface area contributed by atoms with Gasteiger partial charge in [-0.1, -0.05) is 0 Å². The van der Waals surface area contributed by atoms with Crippen molar-refractivity contribution in [2.75, 3.05) is 26.7 Å². The zero-order valence-corrected chi connectivity index (χ0v) is 12.1. The summed E-state index contributed by atoms with van der Waals surface area (Å²) in [4.78, 5) is 2.40. The van der Waals surface area contributed by atoms with E-state index in [-0.39, 0.29) is 6.10 Å². The third kappa shape index (κ3) is 2.68. The summed E-state index contributed by atoms with van der Waals surface area (Å²) >= 11 is 0. The molecule has 1 saturated carbocycles. The summed E-state index contributed by atoms with van der Waals surface area (Å²) in [5.74, 6) is 0. The standard InChI is InChI=1S/C14H24N4O/c1-10-12(8-16-18(10)3)14-13(9-15-11-4-5-11)19-7-6-17(14)2/h8,11,13-15H,4-7,9H2,1-3H3. The van der Waals surface area contributed by atoms with Crippen molar-refractivity contribution < 1.29 is 4.74 Å². The molecule has 106 valence electrons. The molecule has 3 rings (SSSR count). The van der Waals surface area contributed by atoms with Crippen LogP contribution in [-0.2, 0) is 11.8 Å². The molecule has 5 heteroatoms. The summed E-state index contributed by atoms with van der Waals surface area (Å²) in [7, 11) is 4.18. The molecule has 1 aromatic heterocycles. The van der Waals surface area contributed by atoms with Crippen LogP contribution < -0.4 is 5.32 Å². The topological polar surface area (TPSA) is 42.3 Å². The van der Waals surface area contributed by atoms with E-state index in [1.54, 1.807) is 0 Å². The van der Waals surface area contributed by atoms with Crippen LogP contribution in [0.5, 0.6) is 0 Å². The maximum Gasteiger partial charge on any atom is 0.0897 e. The van der Waals surface area contributed by atoms with Crippen LogP contribution in [0, 0.1) is 6.92 Å². The molecule has 1 aliphatic carbocycles. The van der Waals surface area contributed by atoms with Crippen molar-refractivity contribution in [1.82, 2.24) is 20.0 Å². The van der Waals surface area contributed by atoms with Crippen LogP contribution in [0.25, 0.3) is 0 Å². The minimum atomic E-state index is 0.224. The highest BCUT2D eigenvalue weighted by Gasteiger charge is 2.34. The first kappa shape index (κ1) is 13.1. The molecule has 1 aromatic rings. The number of rotatable bonds is 4. The van der Waals surface area contributed by atoms with E-state index in [4.69, 9.17) is 4.74 Å². The average molecular weight is 264 g/mol. The van der Waals surface area contributed by atoms with E-state index in [0.29, 0.717) is 6.04 Å². The molecule has 1 aliphatic heterocycles. The predicted molar refractivity (Wildman–Crippen MR) is 74.1 cm³/mol. The van der Waals surface area contributed by atoms with Gasteiger partial charge in [0, 0.05) is 37.4 Å². The number of nitrogens with zero attached hydrogens (tertiary/aromatic N) is 3. The molecule has 0 radical (unpaired) electrons. The Morgan fingerprint density at radius 3 is 2.84 bits per heavy atom. The van der Waals surface area contributed by atoms with Crippen LogP contribution in [0.2, 0.25) is 0 Å². The lowest BCUT2D eigenvalue weighted by Gasteiger charge is -2.39. The minimum Gasteiger partial charge on any atom is -0.374 e. The second-order valence-electron chi connectivity index (χ2n) is 5.83. The molecule has 0 bridgehead atoms. The lowest BCUT2D eigenvalue weighted by molar-refractivity contribution is -0.0617. The summed E-state index contributed by atoms with van der Waals surface area (Å²) in [6.07, 6.45) is 4.86. The van der Waals surface area contributed by atoms with E-state index in [2.05, 4.69) is 29.3 Å². The van der Waals surface area contributed by atoms with Gasteiger partial charge in [-0.05, 0) is 26.8 Å². The molecular weight excluding hydrogens is 240 g/mol. The van der Waals surface area contributed by atoms with Crippen LogP contribution >= 0.6 is 0 Å². The maximum atomic E-state index is 6.02. The number of nitrogens with one attached hydrogen (secondary N) is 1. The van der Waals surface area contributed by atoms with E-state index in [1.807, 2.05) is 17.9 Å². The first-order valence-corrected chi connectivity index (χ1v) is 7.20. The van der Waals surface area contributed by atoms with Crippen LogP contribution in [0.4, 0.5) is 0 Å². The fourth-order valence-corrected chi connectivity index (χ4v) is 2.85. The highest BCUT2D eigenvalue weighted by atomic mass is 16.5. The molecule has 2 unspecified atom stereocenters. The normalized spacial score (nSPS) is 28.8. The Morgan fingerprint density at radius 2 is 2.21 bits per heavy atom. The SMILES string of the molecule is Cc1c(C2C(CNC3CC3)OCCN2C)cnn1C. The van der Waals surface area contributed by atoms with Gasteiger partial charge >= 0.3 is 0 Å². The summed E-state index contributed by atoms with van der Waals surface area (Å²) in [5, 5.41) is 7.98. The van der Waals surface area contributed by atoms with Crippen molar-refractivity contribution in [3.8, 4) is 0 Å². The Bertz CT molecular complexity index is 441. The van der Waals surface area contributed by atoms with Gasteiger partial charge in [0.25, 0.3) is 0 Å². The lowest BCUT2D eigenvalue weighted by atomic mass is 9.99. The zero-order chi connectivity index (χ0) is 13.4. The van der Waals surface area contributed by atoms with Crippen molar-refractivity contribution in [1.29, 1.82) is 0 Å². The van der Waals surface area contributed by atoms with Crippen LogP contribution in [0.15, 0.2) is 6.20 Å². The highest BCUT2D eigenvalue weighted by molar-refractivity contribution is 5.22. The molecule has 2 fully saturated rings. The molecule has 0 aromatic carbocycles. The molecule has 1 saturated heterocycles. The number of aryl methyl sites for hydroxylation is 1. The van der Waals surface area contributed by atoms with Crippen LogP contribution in [-0.4, -0.2) is 53.6 Å². The summed E-state index contributed by atoms with van der Waals surface area (Å²) in [6, 6.07) is 1.04. The number of ether oxygens (including phenoxy) is 1. The Balaban J connectivity index is 1.77. The molecule has 5 nitrogen and oxygen atoms in total. The summed E-state index contributed by atoms with van der Waals surface area (Å²) in [5.41, 5.74) is 2.53. The Morgan fingerprint density at radius 1 is 1.42 bits per heavy atom. The first-order chi connectivity index (χ1) is 9.16. The van der Waals surface area contributed by atoms with Gasteiger partial charge in [-0.25, -0.2) is 0 Å². The van der Waals surface area contributed by atoms with E-state index in [0.717, 1.165) is 25.7 Å². The van der Waals surface area contributed by atoms with Crippen molar-refractivity contribution >= 4 is 0 Å². The van der Waals surface area contributed by atoms with Gasteiger partial charge in [0.2, 0.25) is 0 Å². The van der Waals surface area contributed by atoms with Crippen LogP contribution in [0.1, 0.15) is 30.1 Å². The number of hydrogen-bond acceptors (Lipinski definition) is 4. The summed E-state index contributed by atoms with van der Waals surface area (Å²) < 4.78 is 7.96. The second-order valence-corrected chi connectivity index (χ2v) is 5.83. The fourth-order valence-electron chi connectivity index (χ4n) is 2.85. The van der Waals surface area contributed by atoms with Crippen LogP contribution in [0.3, 0.4) is 0 Å². The molecule has 2 heterocycles. The number of hydrogen-bond donors (Lipinski definition) is 1. The molecule has 2 atom stereocenters. The quantitative estimate of drug-likeness (QED) is 0.875. The number of likely N-dealkylation sites (N-methyl/N-ethyl adjacent to an activating group) is 1. The highest BCUT2D eigenvalue weighted by Crippen LogP contribution is 2.30. The molecule has 0 amide bonds. The predicted octanol–water partition coefficient (Wildman–Crippen LogP) is 0.852. The third-order valence-corrected chi connectivity index (χ3v) is 4.38. The third-order valence-electron chi connectivity index (χ3n) is 4.38. The Labute approximate surface area is 114 Å². The Kier molecular flexibility index (Phi) is 3.60. The lowest BCUT2D eigenvalue weighted by Crippen LogP contribution is -2.47. The molecule has 2 aliphatic rings. The monoisotopic (exact) mass is 264 g/mol. The number of aromatic nitrogens is 2. The molecule has 1 N–H and O–H groups in total. The first-order valence-electron chi connectivity index (χ1n) is 7.20. The van der Waals surface area contributed by atoms with Gasteiger partial charge in [-0.2, -0.15) is 5.10 Å². The fraction of sp³-hybridized carbons (Fsp3) is 0.786. The smallest absolute Gasteiger partial charge is 0.0897 e. The Hall–Kier alpha value is -0.910. The van der Waals surface area contributed by atoms with Gasteiger partial charge in [-0.3, -0.25) is 9.58 Å². The van der Waals surface area contributed by atoms with E-state index in [1.165, 1.54) is 24.1 Å². The van der Waals surface area contributed by atoms with E-state index in [9.17, 15) is 0 Å². The minimum absolute atomic E-state index is 0.224. The van der Waals surface area contributed by atoms with Crippen molar-refractivity contribution in [2.24, 2.45) is 7.05 Å². The van der Waals surface area contributed by atoms with Crippen molar-refractivity contribution in [3.05, 3.63) is 17.5 Å². The zero-order valence-electron chi connectivity index (χ0n) is 12.1. The largest absolute Gasteiger partial charge is 0.374 e. The summed E-state index contributed by atoms with van der Waals surface area (Å²) in [6.45, 7) is 4.88. The number of morpholine rings is 1. The van der Waals surface area contributed by atoms with Gasteiger partial charge in [-0.15, -0.1) is 0 Å². The van der Waals surface area contributed by atoms with Gasteiger partial charge in [0.05, 0.1) is 24.9 Å². The van der Waals surface area contributed by atoms with E-state index < -0.39 is 0 Å². The average Bonchev–Trinajstić information content (AvgIpc) is 3.16. The second kappa shape index (κ2) is 5.23. The van der Waals surface area contributed by atoms with Gasteiger partial charge < -0.3 is 10.1 Å². The van der Waals surface area contributed by atoms with Gasteiger partial charge in [0.1, 0.15) is 0 Å². The van der Waals surface area contributed by atoms with Crippen molar-refractivity contribution in [2.45, 2.75) is 38.0 Å². The molecule has 0 spiro atoms. The maximum absolute atomic E-state index is 6.02. The molecule has 19 heavy (non-hydrogen) atoms. The molecular formula is C14H24N4O. The van der Waals surface area contributed by atoms with Gasteiger partial charge in [0.15, 0.2) is 0 Å². The van der Waals surface area contributed by atoms with Crippen molar-refractivity contribution in [3.63, 3.8) is 0 Å². The van der Waals surface area contributed by atoms with E-state index >= 15 is 0 Å².